The van der Waals surface area contributed by atoms with E-state index >= 15 is 0 Å². The molecule has 0 aromatic heterocycles. The Morgan fingerprint density at radius 2 is 1.60 bits per heavy atom. The zero-order valence-corrected chi connectivity index (χ0v) is 22.4. The van der Waals surface area contributed by atoms with Crippen LogP contribution in [0.15, 0.2) is 48.5 Å². The van der Waals surface area contributed by atoms with E-state index in [1.54, 1.807) is 4.90 Å². The van der Waals surface area contributed by atoms with Gasteiger partial charge >= 0.3 is 0 Å². The number of hydrogen-bond donors (Lipinski definition) is 1. The van der Waals surface area contributed by atoms with Crippen LogP contribution in [0.4, 0.5) is 5.69 Å². The molecular weight excluding hydrogens is 462 g/mol. The monoisotopic (exact) mass is 501 g/mol. The summed E-state index contributed by atoms with van der Waals surface area (Å²) >= 11 is 0. The van der Waals surface area contributed by atoms with Crippen molar-refractivity contribution in [2.45, 2.75) is 59.4 Å². The third kappa shape index (κ3) is 8.69. The molecule has 0 fully saturated rings. The van der Waals surface area contributed by atoms with Crippen LogP contribution in [0.1, 0.15) is 49.8 Å². The summed E-state index contributed by atoms with van der Waals surface area (Å²) in [5, 5.41) is 2.84. The molecule has 2 aromatic rings. The quantitative estimate of drug-likeness (QED) is 0.452. The molecule has 0 aliphatic rings. The minimum Gasteiger partial charge on any atom is -0.355 e. The normalized spacial score (nSPS) is 12.1. The highest BCUT2D eigenvalue weighted by molar-refractivity contribution is 7.92. The summed E-state index contributed by atoms with van der Waals surface area (Å²) in [5.74, 6) is -0.308. The Kier molecular flexibility index (Phi) is 10.8. The summed E-state index contributed by atoms with van der Waals surface area (Å²) in [7, 11) is -3.51. The number of nitrogens with zero attached hydrogens (tertiary/aromatic N) is 2. The van der Waals surface area contributed by atoms with Crippen LogP contribution in [0.5, 0.6) is 0 Å². The minimum absolute atomic E-state index is 0.145. The lowest BCUT2D eigenvalue weighted by molar-refractivity contribution is -0.140. The van der Waals surface area contributed by atoms with Gasteiger partial charge in [0.15, 0.2) is 0 Å². The molecule has 0 spiro atoms. The summed E-state index contributed by atoms with van der Waals surface area (Å²) in [6.07, 6.45) is 2.83. The SMILES string of the molecule is CCNC(=O)[C@@H](CC)N(CCc1ccccc1)C(=O)CCCN(c1cc(C)cc(C)c1)S(C)(=O)=O. The van der Waals surface area contributed by atoms with Gasteiger partial charge in [0, 0.05) is 26.1 Å². The van der Waals surface area contributed by atoms with E-state index in [0.29, 0.717) is 38.0 Å². The number of rotatable bonds is 13. The lowest BCUT2D eigenvalue weighted by Gasteiger charge is -2.31. The highest BCUT2D eigenvalue weighted by atomic mass is 32.2. The molecule has 2 amide bonds. The van der Waals surface area contributed by atoms with Crippen LogP contribution in [0.25, 0.3) is 0 Å². The molecule has 35 heavy (non-hydrogen) atoms. The Bertz CT molecular complexity index is 1070. The molecule has 0 heterocycles. The summed E-state index contributed by atoms with van der Waals surface area (Å²) in [6, 6.07) is 15.0. The molecule has 0 aliphatic heterocycles. The fraction of sp³-hybridized carbons (Fsp3) is 0.481. The highest BCUT2D eigenvalue weighted by Crippen LogP contribution is 2.22. The number of benzene rings is 2. The molecule has 0 aliphatic carbocycles. The predicted molar refractivity (Wildman–Crippen MR) is 142 cm³/mol. The number of carbonyl (C=O) groups is 2. The van der Waals surface area contributed by atoms with Crippen LogP contribution in [0, 0.1) is 13.8 Å². The standard InChI is InChI=1S/C27H39N3O4S/c1-6-25(27(32)28-7-2)29(17-15-23-12-9-8-10-13-23)26(31)14-11-16-30(35(5,33)34)24-19-21(3)18-22(4)20-24/h8-10,12-13,18-20,25H,6-7,11,14-17H2,1-5H3,(H,28,32)/t25-/m1/s1. The van der Waals surface area contributed by atoms with Gasteiger partial charge in [0.1, 0.15) is 6.04 Å². The van der Waals surface area contributed by atoms with Gasteiger partial charge in [-0.15, -0.1) is 0 Å². The summed E-state index contributed by atoms with van der Waals surface area (Å²) < 4.78 is 26.4. The van der Waals surface area contributed by atoms with Gasteiger partial charge in [0.25, 0.3) is 0 Å². The predicted octanol–water partition coefficient (Wildman–Crippen LogP) is 3.84. The number of aryl methyl sites for hydroxylation is 2. The first-order valence-corrected chi connectivity index (χ1v) is 14.1. The van der Waals surface area contributed by atoms with Gasteiger partial charge in [-0.2, -0.15) is 0 Å². The van der Waals surface area contributed by atoms with Crippen molar-refractivity contribution in [1.82, 2.24) is 10.2 Å². The molecule has 2 aromatic carbocycles. The molecule has 0 saturated heterocycles. The topological polar surface area (TPSA) is 86.8 Å². The maximum absolute atomic E-state index is 13.3. The molecule has 192 valence electrons. The van der Waals surface area contributed by atoms with Crippen LogP contribution in [0.3, 0.4) is 0 Å². The first kappa shape index (κ1) is 28.4. The van der Waals surface area contributed by atoms with E-state index in [0.717, 1.165) is 16.7 Å². The van der Waals surface area contributed by atoms with Crippen LogP contribution in [-0.4, -0.2) is 57.1 Å². The number of likely N-dealkylation sites (N-methyl/N-ethyl adjacent to an activating group) is 1. The Labute approximate surface area is 210 Å². The number of carbonyl (C=O) groups excluding carboxylic acids is 2. The summed E-state index contributed by atoms with van der Waals surface area (Å²) in [5.41, 5.74) is 3.65. The van der Waals surface area contributed by atoms with Crippen molar-refractivity contribution in [2.75, 3.05) is 30.2 Å². The maximum atomic E-state index is 13.3. The van der Waals surface area contributed by atoms with Gasteiger partial charge in [-0.25, -0.2) is 8.42 Å². The van der Waals surface area contributed by atoms with Crippen LogP contribution in [-0.2, 0) is 26.0 Å². The number of anilines is 1. The second-order valence-electron chi connectivity index (χ2n) is 8.93. The maximum Gasteiger partial charge on any atom is 0.242 e. The van der Waals surface area contributed by atoms with Crippen LogP contribution in [0.2, 0.25) is 0 Å². The second kappa shape index (κ2) is 13.3. The number of sulfonamides is 1. The van der Waals surface area contributed by atoms with Crippen molar-refractivity contribution >= 4 is 27.5 Å². The molecule has 0 unspecified atom stereocenters. The number of hydrogen-bond acceptors (Lipinski definition) is 4. The van der Waals surface area contributed by atoms with Crippen LogP contribution >= 0.6 is 0 Å². The Morgan fingerprint density at radius 1 is 0.971 bits per heavy atom. The van der Waals surface area contributed by atoms with Crippen LogP contribution < -0.4 is 9.62 Å². The molecule has 2 rings (SSSR count). The lowest BCUT2D eigenvalue weighted by Crippen LogP contribution is -2.50. The van der Waals surface area contributed by atoms with Gasteiger partial charge < -0.3 is 10.2 Å². The van der Waals surface area contributed by atoms with E-state index in [-0.39, 0.29) is 24.8 Å². The molecule has 8 heteroatoms. The van der Waals surface area contributed by atoms with Gasteiger partial charge in [-0.05, 0) is 68.9 Å². The molecule has 0 bridgehead atoms. The van der Waals surface area contributed by atoms with Crippen molar-refractivity contribution in [2.24, 2.45) is 0 Å². The molecule has 0 radical (unpaired) electrons. The third-order valence-electron chi connectivity index (χ3n) is 5.87. The van der Waals surface area contributed by atoms with E-state index < -0.39 is 16.1 Å². The van der Waals surface area contributed by atoms with Gasteiger partial charge in [0.05, 0.1) is 11.9 Å². The van der Waals surface area contributed by atoms with Crippen molar-refractivity contribution in [3.05, 3.63) is 65.2 Å². The van der Waals surface area contributed by atoms with E-state index in [9.17, 15) is 18.0 Å². The molecule has 1 atom stereocenters. The largest absolute Gasteiger partial charge is 0.355 e. The average Bonchev–Trinajstić information content (AvgIpc) is 2.78. The molecule has 1 N–H and O–H groups in total. The average molecular weight is 502 g/mol. The fourth-order valence-electron chi connectivity index (χ4n) is 4.29. The fourth-order valence-corrected chi connectivity index (χ4v) is 5.24. The zero-order valence-electron chi connectivity index (χ0n) is 21.6. The Morgan fingerprint density at radius 3 is 2.14 bits per heavy atom. The number of nitrogens with one attached hydrogen (secondary N) is 1. The zero-order chi connectivity index (χ0) is 26.0. The number of amides is 2. The van der Waals surface area contributed by atoms with Crippen molar-refractivity contribution in [3.63, 3.8) is 0 Å². The highest BCUT2D eigenvalue weighted by Gasteiger charge is 2.28. The Balaban J connectivity index is 2.16. The molecule has 0 saturated carbocycles. The lowest BCUT2D eigenvalue weighted by atomic mass is 10.1. The second-order valence-corrected chi connectivity index (χ2v) is 10.8. The van der Waals surface area contributed by atoms with Gasteiger partial charge in [0.2, 0.25) is 21.8 Å². The molecule has 7 nitrogen and oxygen atoms in total. The minimum atomic E-state index is -3.51. The summed E-state index contributed by atoms with van der Waals surface area (Å²) in [6.45, 7) is 8.72. The van der Waals surface area contributed by atoms with Crippen molar-refractivity contribution in [1.29, 1.82) is 0 Å². The smallest absolute Gasteiger partial charge is 0.242 e. The first-order chi connectivity index (χ1) is 16.6. The van der Waals surface area contributed by atoms with Gasteiger partial charge in [-0.3, -0.25) is 13.9 Å². The summed E-state index contributed by atoms with van der Waals surface area (Å²) in [4.78, 5) is 27.7. The van der Waals surface area contributed by atoms with E-state index in [1.807, 2.05) is 76.2 Å². The molecular formula is C27H39N3O4S. The van der Waals surface area contributed by atoms with E-state index in [2.05, 4.69) is 5.32 Å². The Hall–Kier alpha value is -2.87. The van der Waals surface area contributed by atoms with Crippen molar-refractivity contribution < 1.29 is 18.0 Å². The van der Waals surface area contributed by atoms with E-state index in [4.69, 9.17) is 0 Å². The first-order valence-electron chi connectivity index (χ1n) is 12.2. The van der Waals surface area contributed by atoms with E-state index in [1.165, 1.54) is 10.6 Å². The van der Waals surface area contributed by atoms with Gasteiger partial charge in [-0.1, -0.05) is 43.3 Å². The third-order valence-corrected chi connectivity index (χ3v) is 7.06. The van der Waals surface area contributed by atoms with Crippen molar-refractivity contribution in [3.8, 4) is 0 Å².